The van der Waals surface area contributed by atoms with Crippen LogP contribution in [-0.4, -0.2) is 32.0 Å². The molecule has 3 unspecified atom stereocenters. The second-order valence-electron chi connectivity index (χ2n) is 5.80. The summed E-state index contributed by atoms with van der Waals surface area (Å²) in [7, 11) is 1.67. The van der Waals surface area contributed by atoms with Crippen LogP contribution in [0.25, 0.3) is 0 Å². The molecule has 0 bridgehead atoms. The minimum atomic E-state index is 0.141. The molecule has 118 valence electrons. The lowest BCUT2D eigenvalue weighted by Crippen LogP contribution is -2.23. The summed E-state index contributed by atoms with van der Waals surface area (Å²) in [5.74, 6) is 1.73. The predicted molar refractivity (Wildman–Crippen MR) is 84.0 cm³/mol. The van der Waals surface area contributed by atoms with E-state index in [0.717, 1.165) is 42.7 Å². The Kier molecular flexibility index (Phi) is 5.88. The molecule has 1 saturated heterocycles. The van der Waals surface area contributed by atoms with Gasteiger partial charge in [-0.2, -0.15) is 0 Å². The van der Waals surface area contributed by atoms with Gasteiger partial charge in [0.25, 0.3) is 0 Å². The molecular weight excluding hydrogens is 266 g/mol. The van der Waals surface area contributed by atoms with Crippen LogP contribution in [0.15, 0.2) is 18.2 Å². The fourth-order valence-electron chi connectivity index (χ4n) is 2.60. The Balaban J connectivity index is 2.02. The molecule has 4 nitrogen and oxygen atoms in total. The van der Waals surface area contributed by atoms with Crippen molar-refractivity contribution in [3.05, 3.63) is 23.8 Å². The largest absolute Gasteiger partial charge is 0.497 e. The summed E-state index contributed by atoms with van der Waals surface area (Å²) in [4.78, 5) is 0. The van der Waals surface area contributed by atoms with Crippen LogP contribution in [0.2, 0.25) is 0 Å². The molecule has 0 radical (unpaired) electrons. The summed E-state index contributed by atoms with van der Waals surface area (Å²) >= 11 is 0. The van der Waals surface area contributed by atoms with Crippen LogP contribution < -0.4 is 15.2 Å². The lowest BCUT2D eigenvalue weighted by molar-refractivity contribution is 0.0262. The van der Waals surface area contributed by atoms with Crippen molar-refractivity contribution >= 4 is 0 Å². The molecule has 0 aromatic heterocycles. The monoisotopic (exact) mass is 293 g/mol. The van der Waals surface area contributed by atoms with Crippen LogP contribution >= 0.6 is 0 Å². The zero-order valence-corrected chi connectivity index (χ0v) is 13.3. The van der Waals surface area contributed by atoms with Gasteiger partial charge in [0, 0.05) is 6.04 Å². The lowest BCUT2D eigenvalue weighted by Gasteiger charge is -2.18. The van der Waals surface area contributed by atoms with Crippen LogP contribution in [-0.2, 0) is 11.2 Å². The predicted octanol–water partition coefficient (Wildman–Crippen LogP) is 2.92. The second kappa shape index (κ2) is 7.66. The zero-order chi connectivity index (χ0) is 15.2. The molecular formula is C17H27NO3. The fraction of sp³-hybridized carbons (Fsp3) is 0.647. The van der Waals surface area contributed by atoms with E-state index in [-0.39, 0.29) is 12.1 Å². The van der Waals surface area contributed by atoms with E-state index < -0.39 is 0 Å². The van der Waals surface area contributed by atoms with Gasteiger partial charge < -0.3 is 19.9 Å². The summed E-state index contributed by atoms with van der Waals surface area (Å²) in [5, 5.41) is 0. The molecule has 2 rings (SSSR count). The van der Waals surface area contributed by atoms with Gasteiger partial charge >= 0.3 is 0 Å². The molecule has 1 aromatic carbocycles. The zero-order valence-electron chi connectivity index (χ0n) is 13.3. The van der Waals surface area contributed by atoms with Crippen molar-refractivity contribution in [3.63, 3.8) is 0 Å². The van der Waals surface area contributed by atoms with Crippen LogP contribution in [0.3, 0.4) is 0 Å². The number of benzene rings is 1. The van der Waals surface area contributed by atoms with Crippen molar-refractivity contribution in [1.29, 1.82) is 0 Å². The smallest absolute Gasteiger partial charge is 0.122 e. The molecule has 0 amide bonds. The van der Waals surface area contributed by atoms with E-state index in [0.29, 0.717) is 12.7 Å². The number of hydrogen-bond acceptors (Lipinski definition) is 4. The third-order valence-corrected chi connectivity index (χ3v) is 4.02. The van der Waals surface area contributed by atoms with Gasteiger partial charge in [0.2, 0.25) is 0 Å². The van der Waals surface area contributed by atoms with E-state index in [1.165, 1.54) is 0 Å². The molecule has 3 atom stereocenters. The summed E-state index contributed by atoms with van der Waals surface area (Å²) in [6, 6.07) is 6.05. The summed E-state index contributed by atoms with van der Waals surface area (Å²) in [5.41, 5.74) is 7.19. The molecule has 1 aliphatic heterocycles. The quantitative estimate of drug-likeness (QED) is 0.840. The molecule has 0 aliphatic carbocycles. The van der Waals surface area contributed by atoms with Gasteiger partial charge in [-0.3, -0.25) is 0 Å². The first kappa shape index (κ1) is 16.1. The third kappa shape index (κ3) is 4.61. The van der Waals surface area contributed by atoms with Gasteiger partial charge in [0.05, 0.1) is 19.3 Å². The number of hydrogen-bond donors (Lipinski definition) is 1. The molecule has 2 N–H and O–H groups in total. The molecule has 21 heavy (non-hydrogen) atoms. The van der Waals surface area contributed by atoms with Gasteiger partial charge in [-0.05, 0) is 56.4 Å². The lowest BCUT2D eigenvalue weighted by atomic mass is 10.0. The first-order chi connectivity index (χ1) is 10.1. The summed E-state index contributed by atoms with van der Waals surface area (Å²) < 4.78 is 17.1. The van der Waals surface area contributed by atoms with E-state index in [1.54, 1.807) is 7.11 Å². The number of ether oxygens (including phenoxy) is 3. The first-order valence-electron chi connectivity index (χ1n) is 7.83. The Bertz CT molecular complexity index is 450. The standard InChI is InChI=1S/C17H27NO3/c1-4-14(18)9-13-10-15(19-3)7-8-17(13)20-11-16-6-5-12(2)21-16/h7-8,10,12,14,16H,4-6,9,11,18H2,1-3H3. The molecule has 1 heterocycles. The van der Waals surface area contributed by atoms with Crippen molar-refractivity contribution < 1.29 is 14.2 Å². The van der Waals surface area contributed by atoms with Crippen molar-refractivity contribution in [2.75, 3.05) is 13.7 Å². The summed E-state index contributed by atoms with van der Waals surface area (Å²) in [6.45, 7) is 4.81. The maximum Gasteiger partial charge on any atom is 0.122 e. The minimum absolute atomic E-state index is 0.141. The van der Waals surface area contributed by atoms with Crippen molar-refractivity contribution in [1.82, 2.24) is 0 Å². The van der Waals surface area contributed by atoms with Crippen molar-refractivity contribution in [3.8, 4) is 11.5 Å². The first-order valence-corrected chi connectivity index (χ1v) is 7.83. The van der Waals surface area contributed by atoms with Crippen molar-refractivity contribution in [2.45, 2.75) is 57.8 Å². The third-order valence-electron chi connectivity index (χ3n) is 4.02. The Labute approximate surface area is 127 Å². The highest BCUT2D eigenvalue weighted by Gasteiger charge is 2.22. The second-order valence-corrected chi connectivity index (χ2v) is 5.80. The van der Waals surface area contributed by atoms with Gasteiger partial charge in [0.15, 0.2) is 0 Å². The molecule has 0 spiro atoms. The Morgan fingerprint density at radius 2 is 2.19 bits per heavy atom. The van der Waals surface area contributed by atoms with E-state index in [2.05, 4.69) is 13.8 Å². The SMILES string of the molecule is CCC(N)Cc1cc(OC)ccc1OCC1CCC(C)O1. The van der Waals surface area contributed by atoms with Crippen LogP contribution in [0, 0.1) is 0 Å². The van der Waals surface area contributed by atoms with Crippen molar-refractivity contribution in [2.24, 2.45) is 5.73 Å². The maximum atomic E-state index is 6.08. The Hall–Kier alpha value is -1.26. The van der Waals surface area contributed by atoms with Gasteiger partial charge in [-0.25, -0.2) is 0 Å². The normalized spacial score (nSPS) is 23.0. The van der Waals surface area contributed by atoms with Crippen LogP contribution in [0.1, 0.15) is 38.7 Å². The molecule has 1 fully saturated rings. The van der Waals surface area contributed by atoms with Crippen LogP contribution in [0.4, 0.5) is 0 Å². The number of methoxy groups -OCH3 is 1. The average Bonchev–Trinajstić information content (AvgIpc) is 2.91. The average molecular weight is 293 g/mol. The fourth-order valence-corrected chi connectivity index (χ4v) is 2.60. The summed E-state index contributed by atoms with van der Waals surface area (Å²) in [6.07, 6.45) is 4.48. The highest BCUT2D eigenvalue weighted by atomic mass is 16.5. The Morgan fingerprint density at radius 3 is 2.81 bits per heavy atom. The van der Waals surface area contributed by atoms with E-state index in [9.17, 15) is 0 Å². The van der Waals surface area contributed by atoms with E-state index in [4.69, 9.17) is 19.9 Å². The molecule has 0 saturated carbocycles. The highest BCUT2D eigenvalue weighted by Crippen LogP contribution is 2.27. The Morgan fingerprint density at radius 1 is 1.38 bits per heavy atom. The van der Waals surface area contributed by atoms with Gasteiger partial charge in [0.1, 0.15) is 18.1 Å². The number of rotatable bonds is 7. The van der Waals surface area contributed by atoms with E-state index >= 15 is 0 Å². The van der Waals surface area contributed by atoms with Gasteiger partial charge in [-0.15, -0.1) is 0 Å². The van der Waals surface area contributed by atoms with Crippen LogP contribution in [0.5, 0.6) is 11.5 Å². The minimum Gasteiger partial charge on any atom is -0.497 e. The van der Waals surface area contributed by atoms with Gasteiger partial charge in [-0.1, -0.05) is 6.92 Å². The molecule has 1 aliphatic rings. The maximum absolute atomic E-state index is 6.08. The highest BCUT2D eigenvalue weighted by molar-refractivity contribution is 5.40. The topological polar surface area (TPSA) is 53.7 Å². The molecule has 1 aromatic rings. The number of nitrogens with two attached hydrogens (primary N) is 1. The van der Waals surface area contributed by atoms with E-state index in [1.807, 2.05) is 18.2 Å². The molecule has 4 heteroatoms.